The number of nitrogens with two attached hydrogens (primary N) is 1. The van der Waals surface area contributed by atoms with Crippen molar-refractivity contribution in [2.75, 3.05) is 31.5 Å². The average molecular weight is 520 g/mol. The number of sulfonamides is 1. The van der Waals surface area contributed by atoms with Crippen LogP contribution in [0.15, 0.2) is 29.2 Å². The van der Waals surface area contributed by atoms with E-state index in [9.17, 15) is 22.8 Å². The van der Waals surface area contributed by atoms with Gasteiger partial charge < -0.3 is 11.1 Å². The number of imide groups is 1. The zero-order valence-electron chi connectivity index (χ0n) is 19.5. The molecule has 0 aliphatic carbocycles. The van der Waals surface area contributed by atoms with Crippen molar-refractivity contribution < 1.29 is 22.8 Å². The maximum atomic E-state index is 13.0. The summed E-state index contributed by atoms with van der Waals surface area (Å²) in [6, 6.07) is 4.79. The summed E-state index contributed by atoms with van der Waals surface area (Å²) in [5, 5.41) is 5.23. The second-order valence-corrected chi connectivity index (χ2v) is 11.7. The molecule has 35 heavy (non-hydrogen) atoms. The molecule has 0 radical (unpaired) electrons. The minimum absolute atomic E-state index is 0.139. The first-order chi connectivity index (χ1) is 16.7. The topological polar surface area (TPSA) is 142 Å². The quantitative estimate of drug-likeness (QED) is 0.513. The van der Waals surface area contributed by atoms with Crippen molar-refractivity contribution in [3.05, 3.63) is 45.8 Å². The molecule has 2 aliphatic rings. The highest BCUT2D eigenvalue weighted by Gasteiger charge is 2.30. The number of carbonyl (C=O) groups excluding carboxylic acids is 3. The Morgan fingerprint density at radius 2 is 1.74 bits per heavy atom. The van der Waals surface area contributed by atoms with Gasteiger partial charge in [0.1, 0.15) is 5.00 Å². The summed E-state index contributed by atoms with van der Waals surface area (Å²) in [5.74, 6) is -1.13. The number of benzene rings is 1. The lowest BCUT2D eigenvalue weighted by molar-refractivity contribution is 0.0965. The van der Waals surface area contributed by atoms with Gasteiger partial charge >= 0.3 is 6.03 Å². The number of amides is 4. The molecule has 0 spiro atoms. The number of nitrogens with zero attached hydrogens (tertiary/aromatic N) is 2. The fourth-order valence-corrected chi connectivity index (χ4v) is 7.30. The van der Waals surface area contributed by atoms with Crippen LogP contribution in [0.2, 0.25) is 0 Å². The number of primary amides is 1. The predicted molar refractivity (Wildman–Crippen MR) is 133 cm³/mol. The lowest BCUT2D eigenvalue weighted by Gasteiger charge is -2.26. The first-order valence-corrected chi connectivity index (χ1v) is 13.9. The van der Waals surface area contributed by atoms with Gasteiger partial charge in [-0.1, -0.05) is 6.92 Å². The van der Waals surface area contributed by atoms with Gasteiger partial charge in [-0.2, -0.15) is 4.31 Å². The summed E-state index contributed by atoms with van der Waals surface area (Å²) in [5.41, 5.74) is 6.47. The molecule has 0 saturated carbocycles. The second kappa shape index (κ2) is 10.4. The number of carbonyl (C=O) groups is 3. The van der Waals surface area contributed by atoms with E-state index in [-0.39, 0.29) is 16.0 Å². The number of thiophene rings is 1. The molecule has 10 nitrogen and oxygen atoms in total. The highest BCUT2D eigenvalue weighted by molar-refractivity contribution is 7.89. The van der Waals surface area contributed by atoms with Gasteiger partial charge in [0.15, 0.2) is 0 Å². The Bertz CT molecular complexity index is 1230. The van der Waals surface area contributed by atoms with Crippen molar-refractivity contribution >= 4 is 44.2 Å². The smallest absolute Gasteiger partial charge is 0.319 e. The third-order valence-electron chi connectivity index (χ3n) is 6.19. The third kappa shape index (κ3) is 5.40. The molecule has 0 unspecified atom stereocenters. The van der Waals surface area contributed by atoms with E-state index in [4.69, 9.17) is 5.73 Å². The molecule has 2 aliphatic heterocycles. The van der Waals surface area contributed by atoms with Crippen LogP contribution in [0.1, 0.15) is 57.3 Å². The largest absolute Gasteiger partial charge is 0.351 e. The average Bonchev–Trinajstić information content (AvgIpc) is 3.47. The molecule has 4 N–H and O–H groups in total. The Kier molecular flexibility index (Phi) is 7.55. The lowest BCUT2D eigenvalue weighted by Crippen LogP contribution is -2.36. The van der Waals surface area contributed by atoms with Crippen LogP contribution in [-0.4, -0.2) is 61.6 Å². The Labute approximate surface area is 208 Å². The summed E-state index contributed by atoms with van der Waals surface area (Å²) >= 11 is 1.31. The molecule has 3 heterocycles. The summed E-state index contributed by atoms with van der Waals surface area (Å²) in [6.07, 6.45) is 3.30. The molecule has 1 fully saturated rings. The molecule has 2 aromatic rings. The maximum absolute atomic E-state index is 13.0. The van der Waals surface area contributed by atoms with Crippen LogP contribution in [0.4, 0.5) is 9.80 Å². The highest BCUT2D eigenvalue weighted by atomic mass is 32.2. The number of rotatable bonds is 7. The van der Waals surface area contributed by atoms with Crippen molar-refractivity contribution in [3.8, 4) is 0 Å². The first-order valence-electron chi connectivity index (χ1n) is 11.6. The summed E-state index contributed by atoms with van der Waals surface area (Å²) in [6.45, 7) is 5.45. The second-order valence-electron chi connectivity index (χ2n) is 8.64. The molecule has 0 bridgehead atoms. The molecule has 4 rings (SSSR count). The van der Waals surface area contributed by atoms with Gasteiger partial charge in [0.25, 0.3) is 11.8 Å². The van der Waals surface area contributed by atoms with Crippen molar-refractivity contribution in [2.45, 2.75) is 44.0 Å². The fourth-order valence-electron chi connectivity index (χ4n) is 4.50. The van der Waals surface area contributed by atoms with Gasteiger partial charge in [-0.25, -0.2) is 13.2 Å². The van der Waals surface area contributed by atoms with E-state index >= 15 is 0 Å². The minimum Gasteiger partial charge on any atom is -0.351 e. The monoisotopic (exact) mass is 519 g/mol. The number of nitrogens with one attached hydrogen (secondary N) is 2. The lowest BCUT2D eigenvalue weighted by atomic mass is 10.0. The number of anilines is 1. The third-order valence-corrected chi connectivity index (χ3v) is 9.23. The van der Waals surface area contributed by atoms with E-state index in [2.05, 4.69) is 22.5 Å². The molecule has 1 aromatic heterocycles. The fraction of sp³-hybridized carbons (Fsp3) is 0.435. The van der Waals surface area contributed by atoms with Crippen molar-refractivity contribution in [3.63, 3.8) is 0 Å². The van der Waals surface area contributed by atoms with Gasteiger partial charge in [0.2, 0.25) is 10.0 Å². The van der Waals surface area contributed by atoms with Crippen LogP contribution in [0, 0.1) is 0 Å². The van der Waals surface area contributed by atoms with Crippen LogP contribution in [0.5, 0.6) is 0 Å². The highest BCUT2D eigenvalue weighted by Crippen LogP contribution is 2.37. The molecule has 1 saturated heterocycles. The Hall–Kier alpha value is -2.80. The Balaban J connectivity index is 1.57. The van der Waals surface area contributed by atoms with Crippen LogP contribution in [-0.2, 0) is 23.0 Å². The molecule has 188 valence electrons. The van der Waals surface area contributed by atoms with E-state index < -0.39 is 27.9 Å². The molecular formula is C23H29N5O5S2. The van der Waals surface area contributed by atoms with Crippen LogP contribution >= 0.6 is 11.3 Å². The minimum atomic E-state index is -3.58. The van der Waals surface area contributed by atoms with E-state index in [0.29, 0.717) is 31.1 Å². The SMILES string of the molecule is CCCN1CCc2c(sc(NC(=O)c3ccc(S(=O)(=O)N4CCCC4)cc3)c2C(=O)NC(N)=O)C1. The Morgan fingerprint density at radius 1 is 1.06 bits per heavy atom. The number of fused-ring (bicyclic) bond motifs is 1. The molecule has 0 atom stereocenters. The van der Waals surface area contributed by atoms with Crippen molar-refractivity contribution in [2.24, 2.45) is 5.73 Å². The molecule has 4 amide bonds. The summed E-state index contributed by atoms with van der Waals surface area (Å²) < 4.78 is 26.9. The normalized spacial score (nSPS) is 16.6. The van der Waals surface area contributed by atoms with E-state index in [1.807, 2.05) is 0 Å². The number of hydrogen-bond acceptors (Lipinski definition) is 7. The number of urea groups is 1. The van der Waals surface area contributed by atoms with E-state index in [1.165, 1.54) is 39.9 Å². The van der Waals surface area contributed by atoms with Gasteiger partial charge in [0, 0.05) is 36.6 Å². The zero-order valence-corrected chi connectivity index (χ0v) is 21.1. The predicted octanol–water partition coefficient (Wildman–Crippen LogP) is 2.36. The molecular weight excluding hydrogens is 490 g/mol. The van der Waals surface area contributed by atoms with Crippen molar-refractivity contribution in [1.82, 2.24) is 14.5 Å². The number of hydrogen-bond donors (Lipinski definition) is 3. The zero-order chi connectivity index (χ0) is 25.2. The summed E-state index contributed by atoms with van der Waals surface area (Å²) in [7, 11) is -3.58. The van der Waals surface area contributed by atoms with Crippen LogP contribution < -0.4 is 16.4 Å². The molecule has 12 heteroatoms. The summed E-state index contributed by atoms with van der Waals surface area (Å²) in [4.78, 5) is 40.5. The van der Waals surface area contributed by atoms with Gasteiger partial charge in [-0.05, 0) is 62.1 Å². The maximum Gasteiger partial charge on any atom is 0.319 e. The first kappa shape index (κ1) is 25.3. The van der Waals surface area contributed by atoms with E-state index in [1.54, 1.807) is 0 Å². The van der Waals surface area contributed by atoms with Gasteiger partial charge in [-0.3, -0.25) is 19.8 Å². The Morgan fingerprint density at radius 3 is 2.37 bits per heavy atom. The van der Waals surface area contributed by atoms with E-state index in [0.717, 1.165) is 42.8 Å². The van der Waals surface area contributed by atoms with Crippen LogP contribution in [0.3, 0.4) is 0 Å². The van der Waals surface area contributed by atoms with Crippen molar-refractivity contribution in [1.29, 1.82) is 0 Å². The van der Waals surface area contributed by atoms with Crippen LogP contribution in [0.25, 0.3) is 0 Å². The molecule has 1 aromatic carbocycles. The van der Waals surface area contributed by atoms with Gasteiger partial charge in [0.05, 0.1) is 10.5 Å². The van der Waals surface area contributed by atoms with Gasteiger partial charge in [-0.15, -0.1) is 11.3 Å². The standard InChI is InChI=1S/C23H29N5O5S2/c1-2-10-27-13-9-17-18(14-27)34-22(19(17)21(30)26-23(24)31)25-20(29)15-5-7-16(8-6-15)35(32,33)28-11-3-4-12-28/h5-8H,2-4,9-14H2,1H3,(H,25,29)(H3,24,26,30,31).